The van der Waals surface area contributed by atoms with E-state index in [-0.39, 0.29) is 17.4 Å². The highest BCUT2D eigenvalue weighted by atomic mass is 16.5. The average Bonchev–Trinajstić information content (AvgIpc) is 3.22. The zero-order valence-electron chi connectivity index (χ0n) is 18.4. The molecule has 3 aromatic rings. The van der Waals surface area contributed by atoms with E-state index in [0.29, 0.717) is 40.9 Å². The van der Waals surface area contributed by atoms with Gasteiger partial charge in [-0.2, -0.15) is 5.26 Å². The number of fused-ring (bicyclic) bond motifs is 1. The lowest BCUT2D eigenvalue weighted by Gasteiger charge is -2.24. The summed E-state index contributed by atoms with van der Waals surface area (Å²) in [5, 5.41) is 19.9. The van der Waals surface area contributed by atoms with Crippen LogP contribution in [0.2, 0.25) is 0 Å². The summed E-state index contributed by atoms with van der Waals surface area (Å²) < 4.78 is 16.8. The molecular weight excluding hydrogens is 422 g/mol. The number of aromatic amines is 1. The van der Waals surface area contributed by atoms with Crippen LogP contribution in [0.25, 0.3) is 11.3 Å². The van der Waals surface area contributed by atoms with Gasteiger partial charge >= 0.3 is 0 Å². The van der Waals surface area contributed by atoms with Crippen molar-refractivity contribution in [3.63, 3.8) is 0 Å². The predicted octanol–water partition coefficient (Wildman–Crippen LogP) is 3.66. The normalized spacial score (nSPS) is 14.7. The van der Waals surface area contributed by atoms with Crippen LogP contribution in [0.3, 0.4) is 0 Å². The Kier molecular flexibility index (Phi) is 5.91. The topological polar surface area (TPSA) is 135 Å². The summed E-state index contributed by atoms with van der Waals surface area (Å²) in [7, 11) is 1.57. The summed E-state index contributed by atoms with van der Waals surface area (Å²) in [6, 6.07) is 14.9. The Bertz CT molecular complexity index is 1270. The minimum absolute atomic E-state index is 0.00302. The first kappa shape index (κ1) is 21.8. The van der Waals surface area contributed by atoms with Crippen molar-refractivity contribution in [1.29, 1.82) is 5.26 Å². The minimum Gasteiger partial charge on any atom is -0.493 e. The van der Waals surface area contributed by atoms with E-state index < -0.39 is 5.92 Å². The van der Waals surface area contributed by atoms with Crippen molar-refractivity contribution in [1.82, 2.24) is 10.2 Å². The molecule has 0 aliphatic carbocycles. The Labute approximate surface area is 190 Å². The summed E-state index contributed by atoms with van der Waals surface area (Å²) in [4.78, 5) is 11.4. The molecule has 0 spiro atoms. The van der Waals surface area contributed by atoms with Crippen LogP contribution >= 0.6 is 0 Å². The molecule has 1 amide bonds. The Morgan fingerprint density at radius 1 is 1.27 bits per heavy atom. The molecule has 0 bridgehead atoms. The number of nitriles is 1. The maximum Gasteiger partial charge on any atom is 0.244 e. The molecule has 9 nitrogen and oxygen atoms in total. The number of methoxy groups -OCH3 is 1. The van der Waals surface area contributed by atoms with Crippen LogP contribution in [-0.4, -0.2) is 29.8 Å². The molecule has 168 valence electrons. The van der Waals surface area contributed by atoms with E-state index >= 15 is 0 Å². The smallest absolute Gasteiger partial charge is 0.244 e. The van der Waals surface area contributed by atoms with Crippen LogP contribution in [0.15, 0.2) is 53.9 Å². The standard InChI is InChI=1S/C24H23N5O4/c1-4-32-18-10-7-15(11-19(18)31-3)22-21-20(14-5-8-16(9-6-14)27-13(2)30)17(12-25)23(26)33-24(21)29-28-22/h5-11,20H,4,26H2,1-3H3,(H,27,30)(H,28,29)/t20-/m1/s1. The maximum atomic E-state index is 11.4. The second kappa shape index (κ2) is 8.96. The number of amides is 1. The fourth-order valence-electron chi connectivity index (χ4n) is 3.86. The highest BCUT2D eigenvalue weighted by molar-refractivity contribution is 5.88. The van der Waals surface area contributed by atoms with Gasteiger partial charge in [0.25, 0.3) is 0 Å². The van der Waals surface area contributed by atoms with Crippen LogP contribution in [0.5, 0.6) is 17.4 Å². The first-order valence-corrected chi connectivity index (χ1v) is 10.3. The summed E-state index contributed by atoms with van der Waals surface area (Å²) in [6.07, 6.45) is 0. The molecule has 33 heavy (non-hydrogen) atoms. The number of nitrogens with two attached hydrogens (primary N) is 1. The van der Waals surface area contributed by atoms with Gasteiger partial charge in [0.1, 0.15) is 11.6 Å². The van der Waals surface area contributed by atoms with Crippen molar-refractivity contribution < 1.29 is 19.0 Å². The SMILES string of the molecule is CCOc1ccc(-c2[nH]nc3c2[C@H](c2ccc(NC(C)=O)cc2)C(C#N)=C(N)O3)cc1OC. The molecule has 2 aromatic carbocycles. The van der Waals surface area contributed by atoms with E-state index in [0.717, 1.165) is 11.1 Å². The average molecular weight is 445 g/mol. The quantitative estimate of drug-likeness (QED) is 0.527. The largest absolute Gasteiger partial charge is 0.493 e. The van der Waals surface area contributed by atoms with Crippen molar-refractivity contribution in [2.24, 2.45) is 5.73 Å². The molecule has 4 rings (SSSR count). The first-order valence-electron chi connectivity index (χ1n) is 10.3. The monoisotopic (exact) mass is 445 g/mol. The number of ether oxygens (including phenoxy) is 3. The number of benzene rings is 2. The highest BCUT2D eigenvalue weighted by Crippen LogP contribution is 2.46. The number of H-pyrrole nitrogens is 1. The third kappa shape index (κ3) is 4.06. The number of aromatic nitrogens is 2. The van der Waals surface area contributed by atoms with Gasteiger partial charge in [0.15, 0.2) is 11.5 Å². The van der Waals surface area contributed by atoms with Gasteiger partial charge in [-0.05, 0) is 42.8 Å². The van der Waals surface area contributed by atoms with Crippen molar-refractivity contribution in [2.75, 3.05) is 19.0 Å². The molecule has 0 fully saturated rings. The van der Waals surface area contributed by atoms with E-state index in [9.17, 15) is 10.1 Å². The predicted molar refractivity (Wildman–Crippen MR) is 122 cm³/mol. The molecule has 0 radical (unpaired) electrons. The van der Waals surface area contributed by atoms with Gasteiger partial charge in [0.2, 0.25) is 17.7 Å². The Morgan fingerprint density at radius 2 is 2.03 bits per heavy atom. The van der Waals surface area contributed by atoms with Crippen molar-refractivity contribution in [2.45, 2.75) is 19.8 Å². The van der Waals surface area contributed by atoms with Crippen LogP contribution in [0.4, 0.5) is 5.69 Å². The second-order valence-corrected chi connectivity index (χ2v) is 7.34. The van der Waals surface area contributed by atoms with Gasteiger partial charge in [-0.15, -0.1) is 5.10 Å². The van der Waals surface area contributed by atoms with Gasteiger partial charge in [0.05, 0.1) is 30.9 Å². The molecular formula is C24H23N5O4. The van der Waals surface area contributed by atoms with E-state index in [1.807, 2.05) is 37.3 Å². The number of anilines is 1. The van der Waals surface area contributed by atoms with Crippen molar-refractivity contribution in [3.05, 3.63) is 65.0 Å². The molecule has 9 heteroatoms. The van der Waals surface area contributed by atoms with E-state index in [4.69, 9.17) is 19.9 Å². The van der Waals surface area contributed by atoms with E-state index in [2.05, 4.69) is 21.6 Å². The molecule has 1 aromatic heterocycles. The number of rotatable bonds is 6. The third-order valence-electron chi connectivity index (χ3n) is 5.26. The summed E-state index contributed by atoms with van der Waals surface area (Å²) in [5.74, 6) is 0.811. The number of nitrogens with one attached hydrogen (secondary N) is 2. The van der Waals surface area contributed by atoms with Crippen LogP contribution in [0.1, 0.15) is 30.9 Å². The number of nitrogens with zero attached hydrogens (tertiary/aromatic N) is 2. The van der Waals surface area contributed by atoms with Gasteiger partial charge in [0, 0.05) is 18.2 Å². The summed E-state index contributed by atoms with van der Waals surface area (Å²) >= 11 is 0. The number of hydrogen-bond donors (Lipinski definition) is 3. The molecule has 1 aliphatic rings. The Balaban J connectivity index is 1.83. The van der Waals surface area contributed by atoms with Crippen LogP contribution in [0, 0.1) is 11.3 Å². The van der Waals surface area contributed by atoms with Gasteiger partial charge in [-0.3, -0.25) is 9.89 Å². The molecule has 0 saturated carbocycles. The lowest BCUT2D eigenvalue weighted by Crippen LogP contribution is -2.21. The van der Waals surface area contributed by atoms with Gasteiger partial charge in [-0.1, -0.05) is 12.1 Å². The minimum atomic E-state index is -0.517. The molecule has 2 heterocycles. The molecule has 1 aliphatic heterocycles. The third-order valence-corrected chi connectivity index (χ3v) is 5.26. The molecule has 4 N–H and O–H groups in total. The lowest BCUT2D eigenvalue weighted by molar-refractivity contribution is -0.114. The number of allylic oxidation sites excluding steroid dienone is 1. The number of hydrogen-bond acceptors (Lipinski definition) is 7. The fourth-order valence-corrected chi connectivity index (χ4v) is 3.86. The fraction of sp³-hybridized carbons (Fsp3) is 0.208. The van der Waals surface area contributed by atoms with Crippen molar-refractivity contribution in [3.8, 4) is 34.7 Å². The number of carbonyl (C=O) groups is 1. The van der Waals surface area contributed by atoms with Crippen LogP contribution < -0.4 is 25.3 Å². The second-order valence-electron chi connectivity index (χ2n) is 7.34. The van der Waals surface area contributed by atoms with E-state index in [1.165, 1.54) is 6.92 Å². The van der Waals surface area contributed by atoms with Crippen molar-refractivity contribution >= 4 is 11.6 Å². The molecule has 1 atom stereocenters. The Morgan fingerprint density at radius 3 is 2.67 bits per heavy atom. The van der Waals surface area contributed by atoms with Crippen LogP contribution in [-0.2, 0) is 4.79 Å². The summed E-state index contributed by atoms with van der Waals surface area (Å²) in [5.41, 5.74) is 9.92. The lowest BCUT2D eigenvalue weighted by atomic mass is 9.83. The summed E-state index contributed by atoms with van der Waals surface area (Å²) in [6.45, 7) is 3.85. The zero-order valence-corrected chi connectivity index (χ0v) is 18.4. The first-order chi connectivity index (χ1) is 16.0. The Hall–Kier alpha value is -4.45. The molecule has 0 unspecified atom stereocenters. The maximum absolute atomic E-state index is 11.4. The number of carbonyl (C=O) groups excluding carboxylic acids is 1. The molecule has 0 saturated heterocycles. The zero-order chi connectivity index (χ0) is 23.5. The van der Waals surface area contributed by atoms with Gasteiger partial charge < -0.3 is 25.3 Å². The van der Waals surface area contributed by atoms with Gasteiger partial charge in [-0.25, -0.2) is 0 Å². The highest BCUT2D eigenvalue weighted by Gasteiger charge is 2.35. The van der Waals surface area contributed by atoms with E-state index in [1.54, 1.807) is 19.2 Å².